The number of nitrogens with one attached hydrogen (secondary N) is 1. The van der Waals surface area contributed by atoms with Crippen LogP contribution in [0.3, 0.4) is 0 Å². The van der Waals surface area contributed by atoms with E-state index in [4.69, 9.17) is 26.8 Å². The topological polar surface area (TPSA) is 73.9 Å². The lowest BCUT2D eigenvalue weighted by Gasteiger charge is -2.21. The molecule has 0 bridgehead atoms. The largest absolute Gasteiger partial charge is 0.492 e. The first kappa shape index (κ1) is 22.4. The van der Waals surface area contributed by atoms with Crippen molar-refractivity contribution in [1.29, 1.82) is 0 Å². The van der Waals surface area contributed by atoms with E-state index in [0.29, 0.717) is 39.9 Å². The predicted molar refractivity (Wildman–Crippen MR) is 122 cm³/mol. The molecule has 2 aromatic carbocycles. The third kappa shape index (κ3) is 3.86. The second kappa shape index (κ2) is 9.22. The molecule has 3 rings (SSSR count). The van der Waals surface area contributed by atoms with Gasteiger partial charge >= 0.3 is 0 Å². The lowest BCUT2D eigenvalue weighted by molar-refractivity contribution is -0.119. The zero-order valence-electron chi connectivity index (χ0n) is 17.6. The Hall–Kier alpha value is -2.32. The second-order valence-corrected chi connectivity index (χ2v) is 8.17. The van der Waals surface area contributed by atoms with Crippen LogP contribution < -0.4 is 25.0 Å². The summed E-state index contributed by atoms with van der Waals surface area (Å²) in [6, 6.07) is 5.00. The van der Waals surface area contributed by atoms with Gasteiger partial charge in [0.1, 0.15) is 0 Å². The van der Waals surface area contributed by atoms with Crippen LogP contribution >= 0.6 is 24.4 Å². The maximum absolute atomic E-state index is 12.8. The Morgan fingerprint density at radius 1 is 1.13 bits per heavy atom. The van der Waals surface area contributed by atoms with Gasteiger partial charge < -0.3 is 19.5 Å². The van der Waals surface area contributed by atoms with Crippen molar-refractivity contribution in [3.63, 3.8) is 0 Å². The van der Waals surface area contributed by atoms with Crippen molar-refractivity contribution in [2.45, 2.75) is 35.6 Å². The molecular weight excluding hydrogens is 422 g/mol. The van der Waals surface area contributed by atoms with Crippen LogP contribution in [0.25, 0.3) is 11.1 Å². The first-order valence-corrected chi connectivity index (χ1v) is 11.1. The average Bonchev–Trinajstić information content (AvgIpc) is 2.96. The molecule has 2 aromatic rings. The van der Waals surface area contributed by atoms with Crippen LogP contribution in [0.2, 0.25) is 0 Å². The molecule has 1 N–H and O–H groups in total. The summed E-state index contributed by atoms with van der Waals surface area (Å²) in [7, 11) is 4.67. The molecule has 0 saturated carbocycles. The van der Waals surface area contributed by atoms with Crippen LogP contribution in [0.1, 0.15) is 30.5 Å². The SMILES string of the molecule is COc1c(S)c2c(c(OC)c1OC)-c1ccc(SC)c(=O)cc1[C@@H](NC(C)=O)CC2. The highest BCUT2D eigenvalue weighted by Gasteiger charge is 2.31. The zero-order valence-corrected chi connectivity index (χ0v) is 19.3. The maximum Gasteiger partial charge on any atom is 0.217 e. The van der Waals surface area contributed by atoms with E-state index in [-0.39, 0.29) is 17.4 Å². The van der Waals surface area contributed by atoms with Crippen LogP contribution in [0.5, 0.6) is 17.2 Å². The highest BCUT2D eigenvalue weighted by Crippen LogP contribution is 2.53. The van der Waals surface area contributed by atoms with Crippen molar-refractivity contribution in [2.75, 3.05) is 27.6 Å². The van der Waals surface area contributed by atoms with Gasteiger partial charge in [0.15, 0.2) is 16.9 Å². The summed E-state index contributed by atoms with van der Waals surface area (Å²) in [4.78, 5) is 26.0. The number of carbonyl (C=O) groups is 1. The second-order valence-electron chi connectivity index (χ2n) is 6.87. The number of thiol groups is 1. The number of hydrogen-bond acceptors (Lipinski definition) is 7. The maximum atomic E-state index is 12.8. The highest BCUT2D eigenvalue weighted by atomic mass is 32.2. The van der Waals surface area contributed by atoms with E-state index >= 15 is 0 Å². The Morgan fingerprint density at radius 2 is 1.80 bits per heavy atom. The third-order valence-electron chi connectivity index (χ3n) is 5.22. The van der Waals surface area contributed by atoms with Crippen molar-refractivity contribution >= 4 is 30.3 Å². The van der Waals surface area contributed by atoms with Gasteiger partial charge in [0.05, 0.1) is 37.2 Å². The van der Waals surface area contributed by atoms with Gasteiger partial charge in [-0.15, -0.1) is 24.4 Å². The summed E-state index contributed by atoms with van der Waals surface area (Å²) in [6.45, 7) is 1.47. The molecule has 1 aliphatic rings. The van der Waals surface area contributed by atoms with E-state index in [2.05, 4.69) is 5.32 Å². The fourth-order valence-electron chi connectivity index (χ4n) is 3.97. The van der Waals surface area contributed by atoms with E-state index in [1.54, 1.807) is 33.5 Å². The smallest absolute Gasteiger partial charge is 0.217 e. The number of amides is 1. The molecule has 0 aromatic heterocycles. The summed E-state index contributed by atoms with van der Waals surface area (Å²) in [5, 5.41) is 2.99. The van der Waals surface area contributed by atoms with Crippen molar-refractivity contribution in [1.82, 2.24) is 5.32 Å². The van der Waals surface area contributed by atoms with E-state index in [1.165, 1.54) is 18.7 Å². The number of fused-ring (bicyclic) bond motifs is 3. The van der Waals surface area contributed by atoms with Crippen LogP contribution in [0.4, 0.5) is 0 Å². The Labute approximate surface area is 185 Å². The summed E-state index contributed by atoms with van der Waals surface area (Å²) >= 11 is 6.13. The zero-order chi connectivity index (χ0) is 22.0. The Kier molecular flexibility index (Phi) is 6.88. The van der Waals surface area contributed by atoms with Gasteiger partial charge in [-0.25, -0.2) is 0 Å². The molecule has 1 atom stereocenters. The molecule has 0 unspecified atom stereocenters. The van der Waals surface area contributed by atoms with Gasteiger partial charge in [-0.1, -0.05) is 6.07 Å². The molecule has 0 radical (unpaired) electrons. The molecule has 0 heterocycles. The molecule has 1 aliphatic carbocycles. The Bertz CT molecular complexity index is 1050. The monoisotopic (exact) mass is 447 g/mol. The number of ether oxygens (including phenoxy) is 3. The van der Waals surface area contributed by atoms with Crippen molar-refractivity contribution in [3.8, 4) is 28.4 Å². The Morgan fingerprint density at radius 3 is 2.37 bits per heavy atom. The first-order chi connectivity index (χ1) is 14.4. The predicted octanol–water partition coefficient (Wildman–Crippen LogP) is 3.87. The summed E-state index contributed by atoms with van der Waals surface area (Å²) in [6.07, 6.45) is 3.07. The fourth-order valence-corrected chi connectivity index (χ4v) is 4.85. The van der Waals surface area contributed by atoms with Gasteiger partial charge in [-0.05, 0) is 47.9 Å². The lowest BCUT2D eigenvalue weighted by Crippen LogP contribution is -2.26. The Balaban J connectivity index is 2.47. The normalized spacial score (nSPS) is 14.8. The van der Waals surface area contributed by atoms with E-state index in [1.807, 2.05) is 12.3 Å². The minimum absolute atomic E-state index is 0.0897. The minimum Gasteiger partial charge on any atom is -0.492 e. The number of benzene rings is 1. The number of carbonyl (C=O) groups excluding carboxylic acids is 1. The van der Waals surface area contributed by atoms with Gasteiger partial charge in [0.2, 0.25) is 11.7 Å². The van der Waals surface area contributed by atoms with E-state index < -0.39 is 0 Å². The van der Waals surface area contributed by atoms with Gasteiger partial charge in [0, 0.05) is 12.5 Å². The summed E-state index contributed by atoms with van der Waals surface area (Å²) in [5.41, 5.74) is 3.17. The quantitative estimate of drug-likeness (QED) is 0.535. The van der Waals surface area contributed by atoms with Crippen LogP contribution in [-0.2, 0) is 11.2 Å². The van der Waals surface area contributed by atoms with Gasteiger partial charge in [0.25, 0.3) is 0 Å². The molecule has 0 fully saturated rings. The molecule has 0 spiro atoms. The van der Waals surface area contributed by atoms with Crippen molar-refractivity contribution in [2.24, 2.45) is 0 Å². The number of methoxy groups -OCH3 is 3. The molecule has 1 amide bonds. The van der Waals surface area contributed by atoms with Crippen LogP contribution in [-0.4, -0.2) is 33.5 Å². The number of hydrogen-bond donors (Lipinski definition) is 2. The standard InChI is InChI=1S/C22H25NO5S2/c1-11(24)23-15-8-6-13-18(12-7-9-17(30-5)16(25)10-14(12)15)19(26-2)20(27-3)21(28-4)22(13)29/h7,9-10,15,29H,6,8H2,1-5H3,(H,23,24)/t15-/m0/s1. The highest BCUT2D eigenvalue weighted by molar-refractivity contribution is 7.98. The molecule has 30 heavy (non-hydrogen) atoms. The van der Waals surface area contributed by atoms with Gasteiger partial charge in [-0.3, -0.25) is 9.59 Å². The van der Waals surface area contributed by atoms with Crippen LogP contribution in [0.15, 0.2) is 32.8 Å². The summed E-state index contributed by atoms with van der Waals surface area (Å²) in [5.74, 6) is 1.28. The van der Waals surface area contributed by atoms with Crippen molar-refractivity contribution < 1.29 is 19.0 Å². The minimum atomic E-state index is -0.325. The third-order valence-corrected chi connectivity index (χ3v) is 6.47. The average molecular weight is 448 g/mol. The molecule has 0 saturated heterocycles. The van der Waals surface area contributed by atoms with Crippen molar-refractivity contribution in [3.05, 3.63) is 39.5 Å². The fraction of sp³-hybridized carbons (Fsp3) is 0.364. The molecule has 6 nitrogen and oxygen atoms in total. The van der Waals surface area contributed by atoms with Crippen LogP contribution in [0, 0.1) is 0 Å². The number of rotatable bonds is 5. The molecular formula is C22H25NO5S2. The molecule has 160 valence electrons. The van der Waals surface area contributed by atoms with E-state index in [9.17, 15) is 9.59 Å². The van der Waals surface area contributed by atoms with Gasteiger partial charge in [-0.2, -0.15) is 0 Å². The number of thioether (sulfide) groups is 1. The molecule has 0 aliphatic heterocycles. The molecule has 8 heteroatoms. The first-order valence-electron chi connectivity index (χ1n) is 9.41. The summed E-state index contributed by atoms with van der Waals surface area (Å²) < 4.78 is 16.9. The lowest BCUT2D eigenvalue weighted by atomic mass is 9.95. The van der Waals surface area contributed by atoms with E-state index in [0.717, 1.165) is 22.3 Å².